The van der Waals surface area contributed by atoms with Crippen molar-refractivity contribution in [1.29, 1.82) is 0 Å². The third kappa shape index (κ3) is 3.30. The number of ether oxygens (including phenoxy) is 1. The van der Waals surface area contributed by atoms with Crippen molar-refractivity contribution in [2.45, 2.75) is 38.6 Å². The van der Waals surface area contributed by atoms with Crippen LogP contribution in [0.1, 0.15) is 49.5 Å². The molecule has 0 spiro atoms. The fourth-order valence-corrected chi connectivity index (χ4v) is 3.06. The fraction of sp³-hybridized carbons (Fsp3) is 0.529. The highest BCUT2D eigenvalue weighted by atomic mass is 16.5. The molecule has 0 amide bonds. The van der Waals surface area contributed by atoms with Crippen LogP contribution in [0, 0.1) is 0 Å². The summed E-state index contributed by atoms with van der Waals surface area (Å²) >= 11 is 0. The highest BCUT2D eigenvalue weighted by Gasteiger charge is 2.29. The lowest BCUT2D eigenvalue weighted by Crippen LogP contribution is -2.24. The van der Waals surface area contributed by atoms with Gasteiger partial charge in [-0.25, -0.2) is 0 Å². The molecule has 1 aromatic carbocycles. The van der Waals surface area contributed by atoms with Gasteiger partial charge in [-0.15, -0.1) is 0 Å². The molecule has 1 aliphatic heterocycles. The number of benzene rings is 1. The van der Waals surface area contributed by atoms with E-state index >= 15 is 0 Å². The van der Waals surface area contributed by atoms with Crippen molar-refractivity contribution >= 4 is 0 Å². The van der Waals surface area contributed by atoms with Crippen molar-refractivity contribution in [2.24, 2.45) is 0 Å². The lowest BCUT2D eigenvalue weighted by atomic mass is 10.1. The van der Waals surface area contributed by atoms with Crippen molar-refractivity contribution < 1.29 is 9.26 Å². The minimum atomic E-state index is 0.303. The van der Waals surface area contributed by atoms with Crippen LogP contribution in [0.3, 0.4) is 0 Å². The maximum absolute atomic E-state index is 5.51. The molecule has 0 bridgehead atoms. The molecule has 1 atom stereocenters. The topological polar surface area (TPSA) is 51.4 Å². The van der Waals surface area contributed by atoms with Crippen molar-refractivity contribution in [2.75, 3.05) is 20.2 Å². The first-order valence-corrected chi connectivity index (χ1v) is 7.99. The van der Waals surface area contributed by atoms with Crippen LogP contribution in [0.4, 0.5) is 0 Å². The zero-order valence-corrected chi connectivity index (χ0v) is 13.3. The Labute approximate surface area is 131 Å². The lowest BCUT2D eigenvalue weighted by Gasteiger charge is -2.20. The van der Waals surface area contributed by atoms with Gasteiger partial charge >= 0.3 is 0 Å². The summed E-state index contributed by atoms with van der Waals surface area (Å²) in [6.45, 7) is 4.44. The highest BCUT2D eigenvalue weighted by molar-refractivity contribution is 5.28. The molecule has 1 aromatic heterocycles. The number of nitrogens with zero attached hydrogens (tertiary/aromatic N) is 3. The molecule has 1 saturated heterocycles. The number of rotatable bonds is 6. The maximum Gasteiger partial charge on any atom is 0.244 e. The van der Waals surface area contributed by atoms with E-state index in [0.29, 0.717) is 12.5 Å². The van der Waals surface area contributed by atoms with Crippen LogP contribution in [0.15, 0.2) is 28.8 Å². The average molecular weight is 301 g/mol. The van der Waals surface area contributed by atoms with E-state index < -0.39 is 0 Å². The molecule has 5 heteroatoms. The van der Waals surface area contributed by atoms with Gasteiger partial charge in [0.15, 0.2) is 5.82 Å². The van der Waals surface area contributed by atoms with Crippen LogP contribution in [0.2, 0.25) is 0 Å². The van der Waals surface area contributed by atoms with Crippen LogP contribution < -0.4 is 4.74 Å². The molecule has 0 N–H and O–H groups in total. The van der Waals surface area contributed by atoms with Crippen LogP contribution in [-0.4, -0.2) is 35.2 Å². The van der Waals surface area contributed by atoms with E-state index in [-0.39, 0.29) is 0 Å². The Bertz CT molecular complexity index is 594. The third-order valence-corrected chi connectivity index (χ3v) is 4.16. The zero-order valence-electron chi connectivity index (χ0n) is 13.3. The van der Waals surface area contributed by atoms with Gasteiger partial charge in [-0.1, -0.05) is 24.2 Å². The Hall–Kier alpha value is -1.88. The second-order valence-electron chi connectivity index (χ2n) is 5.77. The van der Waals surface area contributed by atoms with E-state index in [0.717, 1.165) is 49.0 Å². The van der Waals surface area contributed by atoms with Gasteiger partial charge in [0.25, 0.3) is 0 Å². The second-order valence-corrected chi connectivity index (χ2v) is 5.77. The standard InChI is InChI=1S/C17H23N3O2/c1-3-10-20-11-4-5-15(20)17-18-16(19-22-17)12-13-6-8-14(21-2)9-7-13/h6-9,15H,3-5,10-12H2,1-2H3/t15-/m0/s1. The van der Waals surface area contributed by atoms with Crippen molar-refractivity contribution in [3.8, 4) is 5.75 Å². The van der Waals surface area contributed by atoms with Crippen LogP contribution in [-0.2, 0) is 6.42 Å². The highest BCUT2D eigenvalue weighted by Crippen LogP contribution is 2.30. The van der Waals surface area contributed by atoms with Gasteiger partial charge in [0.1, 0.15) is 5.75 Å². The van der Waals surface area contributed by atoms with E-state index in [1.54, 1.807) is 7.11 Å². The van der Waals surface area contributed by atoms with Gasteiger partial charge < -0.3 is 9.26 Å². The minimum Gasteiger partial charge on any atom is -0.497 e. The average Bonchev–Trinajstić information content (AvgIpc) is 3.17. The Morgan fingerprint density at radius 1 is 1.32 bits per heavy atom. The molecule has 2 aromatic rings. The van der Waals surface area contributed by atoms with Gasteiger partial charge in [-0.3, -0.25) is 4.90 Å². The SMILES string of the molecule is CCCN1CCC[C@H]1c1nc(Cc2ccc(OC)cc2)no1. The summed E-state index contributed by atoms with van der Waals surface area (Å²) in [5.41, 5.74) is 1.16. The molecule has 3 rings (SSSR count). The first-order valence-electron chi connectivity index (χ1n) is 7.99. The summed E-state index contributed by atoms with van der Waals surface area (Å²) in [5.74, 6) is 2.39. The van der Waals surface area contributed by atoms with Gasteiger partial charge in [0, 0.05) is 6.42 Å². The molecule has 1 aliphatic rings. The van der Waals surface area contributed by atoms with Gasteiger partial charge in [-0.05, 0) is 50.0 Å². The van der Waals surface area contributed by atoms with E-state index in [1.807, 2.05) is 24.3 Å². The Morgan fingerprint density at radius 3 is 2.86 bits per heavy atom. The number of hydrogen-bond acceptors (Lipinski definition) is 5. The molecule has 0 aliphatic carbocycles. The first-order chi connectivity index (χ1) is 10.8. The lowest BCUT2D eigenvalue weighted by molar-refractivity contribution is 0.208. The smallest absolute Gasteiger partial charge is 0.244 e. The summed E-state index contributed by atoms with van der Waals surface area (Å²) in [6.07, 6.45) is 4.17. The zero-order chi connectivity index (χ0) is 15.4. The van der Waals surface area contributed by atoms with Crippen molar-refractivity contribution in [3.05, 3.63) is 41.5 Å². The summed E-state index contributed by atoms with van der Waals surface area (Å²) in [6, 6.07) is 8.28. The predicted molar refractivity (Wildman–Crippen MR) is 83.9 cm³/mol. The normalized spacial score (nSPS) is 18.7. The molecule has 0 saturated carbocycles. The van der Waals surface area contributed by atoms with E-state index in [1.165, 1.54) is 6.42 Å². The summed E-state index contributed by atoms with van der Waals surface area (Å²) in [4.78, 5) is 7.06. The molecular formula is C17H23N3O2. The van der Waals surface area contributed by atoms with Crippen molar-refractivity contribution in [1.82, 2.24) is 15.0 Å². The molecule has 0 radical (unpaired) electrons. The largest absolute Gasteiger partial charge is 0.497 e. The number of likely N-dealkylation sites (tertiary alicyclic amines) is 1. The van der Waals surface area contributed by atoms with Gasteiger partial charge in [0.05, 0.1) is 13.2 Å². The fourth-order valence-electron chi connectivity index (χ4n) is 3.06. The molecule has 22 heavy (non-hydrogen) atoms. The number of aromatic nitrogens is 2. The minimum absolute atomic E-state index is 0.303. The third-order valence-electron chi connectivity index (χ3n) is 4.16. The molecule has 5 nitrogen and oxygen atoms in total. The summed E-state index contributed by atoms with van der Waals surface area (Å²) in [7, 11) is 1.67. The Kier molecular flexibility index (Phi) is 4.73. The van der Waals surface area contributed by atoms with E-state index in [2.05, 4.69) is 22.0 Å². The van der Waals surface area contributed by atoms with Gasteiger partial charge in [-0.2, -0.15) is 4.98 Å². The molecule has 1 fully saturated rings. The maximum atomic E-state index is 5.51. The molecular weight excluding hydrogens is 278 g/mol. The summed E-state index contributed by atoms with van der Waals surface area (Å²) in [5, 5.41) is 4.15. The Balaban J connectivity index is 1.67. The molecule has 0 unspecified atom stereocenters. The molecule has 118 valence electrons. The predicted octanol–water partition coefficient (Wildman–Crippen LogP) is 3.22. The number of hydrogen-bond donors (Lipinski definition) is 0. The van der Waals surface area contributed by atoms with Crippen LogP contribution in [0.25, 0.3) is 0 Å². The first kappa shape index (κ1) is 15.0. The van der Waals surface area contributed by atoms with Crippen LogP contribution in [0.5, 0.6) is 5.75 Å². The quantitative estimate of drug-likeness (QED) is 0.820. The van der Waals surface area contributed by atoms with E-state index in [9.17, 15) is 0 Å². The van der Waals surface area contributed by atoms with Crippen LogP contribution >= 0.6 is 0 Å². The van der Waals surface area contributed by atoms with E-state index in [4.69, 9.17) is 9.26 Å². The summed E-state index contributed by atoms with van der Waals surface area (Å²) < 4.78 is 10.7. The number of methoxy groups -OCH3 is 1. The second kappa shape index (κ2) is 6.92. The van der Waals surface area contributed by atoms with Gasteiger partial charge in [0.2, 0.25) is 5.89 Å². The molecule has 2 heterocycles. The monoisotopic (exact) mass is 301 g/mol. The van der Waals surface area contributed by atoms with Crippen molar-refractivity contribution in [3.63, 3.8) is 0 Å². The Morgan fingerprint density at radius 2 is 2.14 bits per heavy atom.